The van der Waals surface area contributed by atoms with Gasteiger partial charge in [-0.2, -0.15) is 10.2 Å². The van der Waals surface area contributed by atoms with E-state index in [4.69, 9.17) is 9.47 Å². The van der Waals surface area contributed by atoms with Crippen molar-refractivity contribution in [3.63, 3.8) is 0 Å². The number of likely N-dealkylation sites (tertiary alicyclic amines) is 1. The van der Waals surface area contributed by atoms with Crippen LogP contribution in [-0.2, 0) is 9.47 Å². The van der Waals surface area contributed by atoms with Crippen LogP contribution in [0.4, 0.5) is 0 Å². The Balaban J connectivity index is 1.78. The molecule has 3 heterocycles. The standard InChI is InChI=1S/C15H21N3O3/c1-20-11-15-5-2-8-21-13(15)4-7-18(10-15)14(19)12-3-6-16-17-9-12/h3,6,9,13H,2,4-5,7-8,10-11H2,1H3/t13-,15-/m1/s1. The van der Waals surface area contributed by atoms with Crippen molar-refractivity contribution in [3.05, 3.63) is 24.0 Å². The van der Waals surface area contributed by atoms with Crippen LogP contribution in [0.5, 0.6) is 0 Å². The average molecular weight is 291 g/mol. The maximum atomic E-state index is 12.6. The predicted octanol–water partition coefficient (Wildman–Crippen LogP) is 1.13. The van der Waals surface area contributed by atoms with Gasteiger partial charge in [0.25, 0.3) is 5.91 Å². The number of carbonyl (C=O) groups is 1. The van der Waals surface area contributed by atoms with E-state index in [1.54, 1.807) is 19.4 Å². The molecule has 2 saturated heterocycles. The van der Waals surface area contributed by atoms with E-state index in [-0.39, 0.29) is 17.4 Å². The average Bonchev–Trinajstić information content (AvgIpc) is 2.54. The highest BCUT2D eigenvalue weighted by atomic mass is 16.5. The van der Waals surface area contributed by atoms with Gasteiger partial charge in [-0.05, 0) is 25.3 Å². The lowest BCUT2D eigenvalue weighted by Gasteiger charge is -2.50. The monoisotopic (exact) mass is 291 g/mol. The van der Waals surface area contributed by atoms with Gasteiger partial charge >= 0.3 is 0 Å². The lowest BCUT2D eigenvalue weighted by molar-refractivity contribution is -0.142. The van der Waals surface area contributed by atoms with Crippen LogP contribution in [0.25, 0.3) is 0 Å². The van der Waals surface area contributed by atoms with E-state index in [0.717, 1.165) is 32.4 Å². The largest absolute Gasteiger partial charge is 0.384 e. The Hall–Kier alpha value is -1.53. The minimum atomic E-state index is -0.0681. The number of rotatable bonds is 3. The van der Waals surface area contributed by atoms with Crippen LogP contribution in [-0.4, -0.2) is 60.5 Å². The van der Waals surface area contributed by atoms with Crippen LogP contribution in [0.15, 0.2) is 18.5 Å². The molecule has 2 fully saturated rings. The smallest absolute Gasteiger partial charge is 0.255 e. The zero-order valence-corrected chi connectivity index (χ0v) is 12.3. The fourth-order valence-electron chi connectivity index (χ4n) is 3.56. The van der Waals surface area contributed by atoms with Crippen molar-refractivity contribution in [2.45, 2.75) is 25.4 Å². The molecule has 21 heavy (non-hydrogen) atoms. The second-order valence-electron chi connectivity index (χ2n) is 5.90. The molecule has 0 bridgehead atoms. The summed E-state index contributed by atoms with van der Waals surface area (Å²) in [7, 11) is 1.72. The zero-order valence-electron chi connectivity index (χ0n) is 12.3. The van der Waals surface area contributed by atoms with E-state index in [1.165, 1.54) is 6.20 Å². The van der Waals surface area contributed by atoms with Crippen molar-refractivity contribution < 1.29 is 14.3 Å². The van der Waals surface area contributed by atoms with Crippen molar-refractivity contribution in [2.24, 2.45) is 5.41 Å². The van der Waals surface area contributed by atoms with Gasteiger partial charge in [-0.1, -0.05) is 0 Å². The number of nitrogens with zero attached hydrogens (tertiary/aromatic N) is 3. The number of hydrogen-bond donors (Lipinski definition) is 0. The topological polar surface area (TPSA) is 64.6 Å². The van der Waals surface area contributed by atoms with Crippen molar-refractivity contribution in [1.82, 2.24) is 15.1 Å². The minimum Gasteiger partial charge on any atom is -0.384 e. The molecule has 0 spiro atoms. The third-order valence-corrected chi connectivity index (χ3v) is 4.54. The van der Waals surface area contributed by atoms with Crippen LogP contribution >= 0.6 is 0 Å². The molecule has 1 amide bonds. The number of aromatic nitrogens is 2. The van der Waals surface area contributed by atoms with Crippen molar-refractivity contribution in [3.8, 4) is 0 Å². The van der Waals surface area contributed by atoms with Crippen LogP contribution in [0.1, 0.15) is 29.6 Å². The van der Waals surface area contributed by atoms with Crippen LogP contribution in [0, 0.1) is 5.41 Å². The molecule has 2 aliphatic rings. The molecule has 0 N–H and O–H groups in total. The van der Waals surface area contributed by atoms with Gasteiger partial charge in [-0.15, -0.1) is 0 Å². The zero-order chi connectivity index (χ0) is 14.7. The summed E-state index contributed by atoms with van der Waals surface area (Å²) in [5.41, 5.74) is 0.522. The van der Waals surface area contributed by atoms with Gasteiger partial charge in [-0.25, -0.2) is 0 Å². The lowest BCUT2D eigenvalue weighted by atomic mass is 9.73. The van der Waals surface area contributed by atoms with Gasteiger partial charge in [-0.3, -0.25) is 4.79 Å². The highest BCUT2D eigenvalue weighted by Gasteiger charge is 2.47. The Kier molecular flexibility index (Phi) is 4.17. The molecular weight excluding hydrogens is 270 g/mol. The lowest BCUT2D eigenvalue weighted by Crippen LogP contribution is -2.58. The third-order valence-electron chi connectivity index (χ3n) is 4.54. The highest BCUT2D eigenvalue weighted by molar-refractivity contribution is 5.93. The van der Waals surface area contributed by atoms with Gasteiger partial charge in [0, 0.05) is 32.2 Å². The van der Waals surface area contributed by atoms with Gasteiger partial charge in [0.1, 0.15) is 0 Å². The molecule has 1 aromatic heterocycles. The van der Waals surface area contributed by atoms with E-state index in [2.05, 4.69) is 10.2 Å². The Labute approximate surface area is 124 Å². The SMILES string of the molecule is COC[C@]12CCCO[C@@H]1CCN(C(=O)c1ccnnc1)C2. The summed E-state index contributed by atoms with van der Waals surface area (Å²) in [6.45, 7) is 2.86. The van der Waals surface area contributed by atoms with Gasteiger partial charge in [0.15, 0.2) is 0 Å². The predicted molar refractivity (Wildman–Crippen MR) is 75.8 cm³/mol. The molecule has 6 nitrogen and oxygen atoms in total. The highest BCUT2D eigenvalue weighted by Crippen LogP contribution is 2.40. The van der Waals surface area contributed by atoms with Gasteiger partial charge < -0.3 is 14.4 Å². The molecule has 2 atom stereocenters. The van der Waals surface area contributed by atoms with Crippen molar-refractivity contribution in [1.29, 1.82) is 0 Å². The maximum Gasteiger partial charge on any atom is 0.255 e. The molecule has 114 valence electrons. The molecule has 1 aromatic rings. The summed E-state index contributed by atoms with van der Waals surface area (Å²) in [6.07, 6.45) is 6.21. The Morgan fingerprint density at radius 1 is 1.57 bits per heavy atom. The number of fused-ring (bicyclic) bond motifs is 1. The fourth-order valence-corrected chi connectivity index (χ4v) is 3.56. The number of amides is 1. The quantitative estimate of drug-likeness (QED) is 0.835. The number of carbonyl (C=O) groups excluding carboxylic acids is 1. The van der Waals surface area contributed by atoms with Crippen LogP contribution < -0.4 is 0 Å². The van der Waals surface area contributed by atoms with Crippen LogP contribution in [0.3, 0.4) is 0 Å². The molecule has 2 aliphatic heterocycles. The second-order valence-corrected chi connectivity index (χ2v) is 5.90. The van der Waals surface area contributed by atoms with E-state index in [0.29, 0.717) is 18.7 Å². The van der Waals surface area contributed by atoms with Crippen LogP contribution in [0.2, 0.25) is 0 Å². The normalized spacial score (nSPS) is 29.0. The van der Waals surface area contributed by atoms with Gasteiger partial charge in [0.05, 0.1) is 30.7 Å². The first-order valence-electron chi connectivity index (χ1n) is 7.42. The summed E-state index contributed by atoms with van der Waals surface area (Å²) in [6, 6.07) is 1.71. The van der Waals surface area contributed by atoms with Crippen molar-refractivity contribution in [2.75, 3.05) is 33.4 Å². The molecular formula is C15H21N3O3. The van der Waals surface area contributed by atoms with E-state index < -0.39 is 0 Å². The first-order valence-corrected chi connectivity index (χ1v) is 7.42. The minimum absolute atomic E-state index is 0.0180. The Bertz CT molecular complexity index is 492. The Morgan fingerprint density at radius 3 is 3.24 bits per heavy atom. The maximum absolute atomic E-state index is 12.6. The summed E-state index contributed by atoms with van der Waals surface area (Å²) in [5.74, 6) is 0.0180. The summed E-state index contributed by atoms with van der Waals surface area (Å²) < 4.78 is 11.4. The summed E-state index contributed by atoms with van der Waals surface area (Å²) in [4.78, 5) is 14.5. The molecule has 6 heteroatoms. The van der Waals surface area contributed by atoms with Gasteiger partial charge in [0.2, 0.25) is 0 Å². The summed E-state index contributed by atoms with van der Waals surface area (Å²) >= 11 is 0. The first kappa shape index (κ1) is 14.4. The molecule has 0 aliphatic carbocycles. The molecule has 0 aromatic carbocycles. The second kappa shape index (κ2) is 6.07. The number of ether oxygens (including phenoxy) is 2. The third kappa shape index (κ3) is 2.78. The summed E-state index contributed by atoms with van der Waals surface area (Å²) in [5, 5.41) is 7.51. The number of hydrogen-bond acceptors (Lipinski definition) is 5. The number of piperidine rings is 1. The molecule has 0 unspecified atom stereocenters. The molecule has 0 radical (unpaired) electrons. The fraction of sp³-hybridized carbons (Fsp3) is 0.667. The number of methoxy groups -OCH3 is 1. The van der Waals surface area contributed by atoms with E-state index >= 15 is 0 Å². The van der Waals surface area contributed by atoms with Crippen molar-refractivity contribution >= 4 is 5.91 Å². The Morgan fingerprint density at radius 2 is 2.48 bits per heavy atom. The van der Waals surface area contributed by atoms with E-state index in [1.807, 2.05) is 4.90 Å². The molecule has 0 saturated carbocycles. The van der Waals surface area contributed by atoms with E-state index in [9.17, 15) is 4.79 Å². The first-order chi connectivity index (χ1) is 10.2. The molecule has 3 rings (SSSR count).